The van der Waals surface area contributed by atoms with Gasteiger partial charge in [0.25, 0.3) is 0 Å². The summed E-state index contributed by atoms with van der Waals surface area (Å²) in [5.41, 5.74) is 0. The van der Waals surface area contributed by atoms with Crippen LogP contribution in [0, 0.1) is 10.1 Å². The molecule has 0 saturated carbocycles. The second kappa shape index (κ2) is 8.02. The van der Waals surface area contributed by atoms with E-state index < -0.39 is 14.9 Å². The van der Waals surface area contributed by atoms with Gasteiger partial charge >= 0.3 is 5.82 Å². The van der Waals surface area contributed by atoms with Gasteiger partial charge < -0.3 is 10.1 Å². The maximum Gasteiger partial charge on any atom is 0.404 e. The molecule has 9 nitrogen and oxygen atoms in total. The van der Waals surface area contributed by atoms with Gasteiger partial charge in [-0.05, 0) is 33.0 Å². The molecule has 0 amide bonds. The first-order valence-corrected chi connectivity index (χ1v) is 10.7. The summed E-state index contributed by atoms with van der Waals surface area (Å²) in [5.74, 6) is -0.260. The maximum atomic E-state index is 12.9. The Morgan fingerprint density at radius 3 is 2.30 bits per heavy atom. The highest BCUT2D eigenvalue weighted by Crippen LogP contribution is 2.32. The lowest BCUT2D eigenvalue weighted by molar-refractivity contribution is -0.390. The summed E-state index contributed by atoms with van der Waals surface area (Å²) in [7, 11) is -3.81. The van der Waals surface area contributed by atoms with Crippen molar-refractivity contribution in [1.29, 1.82) is 0 Å². The van der Waals surface area contributed by atoms with E-state index in [9.17, 15) is 18.5 Å². The predicted molar refractivity (Wildman–Crippen MR) is 103 cm³/mol. The minimum Gasteiger partial charge on any atom is -0.358 e. The summed E-state index contributed by atoms with van der Waals surface area (Å²) in [6, 6.07) is 4.56. The molecule has 0 bridgehead atoms. The van der Waals surface area contributed by atoms with Crippen LogP contribution in [0.2, 0.25) is 10.0 Å². The van der Waals surface area contributed by atoms with E-state index in [0.717, 1.165) is 0 Å². The molecule has 27 heavy (non-hydrogen) atoms. The fourth-order valence-corrected chi connectivity index (χ4v) is 5.73. The number of halogens is 3. The van der Waals surface area contributed by atoms with Gasteiger partial charge in [0.2, 0.25) is 10.0 Å². The Kier molecular flexibility index (Phi) is 6.08. The largest absolute Gasteiger partial charge is 0.404 e. The van der Waals surface area contributed by atoms with Gasteiger partial charge in [0, 0.05) is 26.2 Å². The average molecular weight is 499 g/mol. The number of hydrogen-bond donors (Lipinski definition) is 0. The van der Waals surface area contributed by atoms with Crippen molar-refractivity contribution < 1.29 is 13.3 Å². The van der Waals surface area contributed by atoms with E-state index in [1.54, 1.807) is 6.07 Å². The second-order valence-electron chi connectivity index (χ2n) is 5.81. The lowest BCUT2D eigenvalue weighted by Gasteiger charge is -2.33. The standard InChI is InChI=1S/C14H14BrCl2N5O4S/c15-10-8-20(18-14(10)22(23)24)9-19-4-6-21(7-5-19)27(25,26)13-11(16)2-1-3-12(13)17/h1-3,8H,4-7,9H2. The van der Waals surface area contributed by atoms with E-state index in [1.165, 1.54) is 27.3 Å². The summed E-state index contributed by atoms with van der Waals surface area (Å²) >= 11 is 15.2. The van der Waals surface area contributed by atoms with Crippen molar-refractivity contribution in [2.45, 2.75) is 11.6 Å². The molecule has 3 rings (SSSR count). The highest BCUT2D eigenvalue weighted by atomic mass is 79.9. The van der Waals surface area contributed by atoms with E-state index in [-0.39, 0.29) is 33.8 Å². The fraction of sp³-hybridized carbons (Fsp3) is 0.357. The molecule has 1 aromatic heterocycles. The van der Waals surface area contributed by atoms with E-state index >= 15 is 0 Å². The summed E-state index contributed by atoms with van der Waals surface area (Å²) in [6.45, 7) is 1.68. The van der Waals surface area contributed by atoms with Crippen LogP contribution in [0.15, 0.2) is 33.8 Å². The smallest absolute Gasteiger partial charge is 0.358 e. The van der Waals surface area contributed by atoms with Gasteiger partial charge in [-0.1, -0.05) is 29.3 Å². The first-order chi connectivity index (χ1) is 12.7. The lowest BCUT2D eigenvalue weighted by atomic mass is 10.4. The van der Waals surface area contributed by atoms with Gasteiger partial charge in [0.05, 0.1) is 21.3 Å². The number of piperazine rings is 1. The molecule has 0 atom stereocenters. The minimum atomic E-state index is -3.81. The summed E-state index contributed by atoms with van der Waals surface area (Å²) < 4.78 is 28.8. The van der Waals surface area contributed by atoms with Crippen LogP contribution in [-0.4, -0.2) is 58.5 Å². The van der Waals surface area contributed by atoms with Crippen LogP contribution in [0.5, 0.6) is 0 Å². The van der Waals surface area contributed by atoms with Gasteiger partial charge in [-0.2, -0.15) is 8.99 Å². The fourth-order valence-electron chi connectivity index (χ4n) is 2.76. The van der Waals surface area contributed by atoms with Crippen LogP contribution in [0.25, 0.3) is 0 Å². The summed E-state index contributed by atoms with van der Waals surface area (Å²) in [5, 5.41) is 14.9. The predicted octanol–water partition coefficient (Wildman–Crippen LogP) is 2.82. The number of nitrogens with zero attached hydrogens (tertiary/aromatic N) is 5. The van der Waals surface area contributed by atoms with E-state index in [0.29, 0.717) is 24.2 Å². The Bertz CT molecular complexity index is 956. The van der Waals surface area contributed by atoms with E-state index in [4.69, 9.17) is 23.2 Å². The maximum absolute atomic E-state index is 12.9. The number of rotatable bonds is 5. The Hall–Kier alpha value is -1.24. The zero-order chi connectivity index (χ0) is 19.8. The average Bonchev–Trinajstić information content (AvgIpc) is 2.95. The molecule has 0 N–H and O–H groups in total. The summed E-state index contributed by atoms with van der Waals surface area (Å²) in [6.07, 6.45) is 1.52. The van der Waals surface area contributed by atoms with Crippen LogP contribution < -0.4 is 0 Å². The molecule has 13 heteroatoms. The second-order valence-corrected chi connectivity index (χ2v) is 9.36. The Morgan fingerprint density at radius 1 is 1.19 bits per heavy atom. The molecule has 1 aliphatic rings. The SMILES string of the molecule is O=[N+]([O-])c1nn(CN2CCN(S(=O)(=O)c3c(Cl)cccc3Cl)CC2)cc1Br. The molecule has 1 aliphatic heterocycles. The first kappa shape index (κ1) is 20.5. The van der Waals surface area contributed by atoms with Crippen LogP contribution in [0.3, 0.4) is 0 Å². The molecule has 0 unspecified atom stereocenters. The zero-order valence-corrected chi connectivity index (χ0v) is 17.7. The monoisotopic (exact) mass is 497 g/mol. The first-order valence-electron chi connectivity index (χ1n) is 7.74. The Balaban J connectivity index is 1.68. The number of benzene rings is 1. The third kappa shape index (κ3) is 4.28. The number of hydrogen-bond acceptors (Lipinski definition) is 6. The topological polar surface area (TPSA) is 102 Å². The molecule has 0 aliphatic carbocycles. The van der Waals surface area contributed by atoms with Crippen molar-refractivity contribution in [2.24, 2.45) is 0 Å². The van der Waals surface area contributed by atoms with Crippen molar-refractivity contribution in [3.05, 3.63) is 49.0 Å². The number of sulfonamides is 1. The van der Waals surface area contributed by atoms with Crippen molar-refractivity contribution in [3.8, 4) is 0 Å². The normalized spacial score (nSPS) is 16.6. The van der Waals surface area contributed by atoms with Crippen LogP contribution in [0.1, 0.15) is 0 Å². The number of aromatic nitrogens is 2. The molecule has 2 aromatic rings. The molecule has 0 spiro atoms. The van der Waals surface area contributed by atoms with E-state index in [1.807, 2.05) is 4.90 Å². The quantitative estimate of drug-likeness (QED) is 0.464. The molecule has 2 heterocycles. The highest BCUT2D eigenvalue weighted by Gasteiger charge is 2.32. The number of nitro groups is 1. The van der Waals surface area contributed by atoms with Gasteiger partial charge in [-0.3, -0.25) is 4.90 Å². The van der Waals surface area contributed by atoms with Gasteiger partial charge in [0.1, 0.15) is 16.0 Å². The molecule has 1 aromatic carbocycles. The van der Waals surface area contributed by atoms with Crippen LogP contribution in [-0.2, 0) is 16.7 Å². The molecule has 1 saturated heterocycles. The molecule has 1 fully saturated rings. The van der Waals surface area contributed by atoms with Crippen LogP contribution in [0.4, 0.5) is 5.82 Å². The zero-order valence-electron chi connectivity index (χ0n) is 13.8. The Labute approximate surface area is 173 Å². The van der Waals surface area contributed by atoms with Crippen LogP contribution >= 0.6 is 39.1 Å². The van der Waals surface area contributed by atoms with Crippen molar-refractivity contribution in [3.63, 3.8) is 0 Å². The van der Waals surface area contributed by atoms with Crippen molar-refractivity contribution >= 4 is 55.0 Å². The van der Waals surface area contributed by atoms with E-state index in [2.05, 4.69) is 21.0 Å². The van der Waals surface area contributed by atoms with Crippen molar-refractivity contribution in [2.75, 3.05) is 26.2 Å². The van der Waals surface area contributed by atoms with Gasteiger partial charge in [-0.15, -0.1) is 0 Å². The Morgan fingerprint density at radius 2 is 1.78 bits per heavy atom. The molecular formula is C14H14BrCl2N5O4S. The third-order valence-corrected chi connectivity index (χ3v) is 7.48. The summed E-state index contributed by atoms with van der Waals surface area (Å²) in [4.78, 5) is 12.1. The molecule has 146 valence electrons. The van der Waals surface area contributed by atoms with Crippen molar-refractivity contribution in [1.82, 2.24) is 19.0 Å². The molecule has 0 radical (unpaired) electrons. The highest BCUT2D eigenvalue weighted by molar-refractivity contribution is 9.10. The minimum absolute atomic E-state index is 0.0821. The molecular weight excluding hydrogens is 485 g/mol. The van der Waals surface area contributed by atoms with Gasteiger partial charge in [-0.25, -0.2) is 8.42 Å². The lowest BCUT2D eigenvalue weighted by Crippen LogP contribution is -2.49. The van der Waals surface area contributed by atoms with Gasteiger partial charge in [0.15, 0.2) is 0 Å². The third-order valence-electron chi connectivity index (χ3n) is 4.07.